The van der Waals surface area contributed by atoms with Crippen molar-refractivity contribution in [2.45, 2.75) is 19.3 Å². The van der Waals surface area contributed by atoms with Crippen molar-refractivity contribution in [3.8, 4) is 0 Å². The quantitative estimate of drug-likeness (QED) is 0.521. The molecule has 0 saturated carbocycles. The first-order valence-corrected chi connectivity index (χ1v) is 4.29. The molecule has 0 aliphatic rings. The van der Waals surface area contributed by atoms with E-state index in [0.29, 0.717) is 0 Å². The third-order valence-electron chi connectivity index (χ3n) is 1.43. The molecule has 0 aromatic carbocycles. The topological polar surface area (TPSA) is 12.5 Å². The fourth-order valence-electron chi connectivity index (χ4n) is 0.836. The molecular formula is C9H20NO. The van der Waals surface area contributed by atoms with E-state index in [4.69, 9.17) is 4.74 Å². The van der Waals surface area contributed by atoms with Crippen LogP contribution in [-0.2, 0) is 4.74 Å². The molecule has 11 heavy (non-hydrogen) atoms. The summed E-state index contributed by atoms with van der Waals surface area (Å²) < 4.78 is 5.28. The molecule has 0 saturated heterocycles. The second-order valence-electron chi connectivity index (χ2n) is 2.98. The molecule has 2 nitrogen and oxygen atoms in total. The second-order valence-corrected chi connectivity index (χ2v) is 2.98. The van der Waals surface area contributed by atoms with Crippen LogP contribution in [0.1, 0.15) is 19.3 Å². The van der Waals surface area contributed by atoms with Gasteiger partial charge < -0.3 is 9.64 Å². The molecule has 0 N–H and O–H groups in total. The minimum atomic E-state index is 0.808. The van der Waals surface area contributed by atoms with Gasteiger partial charge in [-0.15, -0.1) is 0 Å². The van der Waals surface area contributed by atoms with E-state index in [0.717, 1.165) is 32.6 Å². The molecule has 0 atom stereocenters. The average molecular weight is 158 g/mol. The summed E-state index contributed by atoms with van der Waals surface area (Å²) in [5.41, 5.74) is 0. The summed E-state index contributed by atoms with van der Waals surface area (Å²) in [4.78, 5) is 2.20. The number of nitrogens with zero attached hydrogens (tertiary/aromatic N) is 1. The van der Waals surface area contributed by atoms with Crippen LogP contribution in [0.15, 0.2) is 0 Å². The number of hydrogen-bond acceptors (Lipinski definition) is 2. The summed E-state index contributed by atoms with van der Waals surface area (Å²) in [6.45, 7) is 6.56. The van der Waals surface area contributed by atoms with Crippen LogP contribution in [0, 0.1) is 6.92 Å². The van der Waals surface area contributed by atoms with Crippen LogP contribution < -0.4 is 0 Å². The Balaban J connectivity index is 2.80. The summed E-state index contributed by atoms with van der Waals surface area (Å²) in [5.74, 6) is 0. The first kappa shape index (κ1) is 10.9. The summed E-state index contributed by atoms with van der Waals surface area (Å²) in [5, 5.41) is 0. The lowest BCUT2D eigenvalue weighted by Gasteiger charge is -2.08. The molecule has 0 unspecified atom stereocenters. The highest BCUT2D eigenvalue weighted by atomic mass is 16.5. The Hall–Kier alpha value is -0.0800. The van der Waals surface area contributed by atoms with Crippen LogP contribution >= 0.6 is 0 Å². The van der Waals surface area contributed by atoms with Gasteiger partial charge in [0, 0.05) is 13.2 Å². The van der Waals surface area contributed by atoms with E-state index in [1.54, 1.807) is 0 Å². The summed E-state index contributed by atoms with van der Waals surface area (Å²) in [7, 11) is 4.19. The molecule has 0 fully saturated rings. The van der Waals surface area contributed by atoms with Gasteiger partial charge in [0.25, 0.3) is 0 Å². The van der Waals surface area contributed by atoms with Crippen molar-refractivity contribution >= 4 is 0 Å². The molecule has 0 heterocycles. The van der Waals surface area contributed by atoms with Crippen molar-refractivity contribution in [3.05, 3.63) is 6.92 Å². The van der Waals surface area contributed by atoms with Crippen molar-refractivity contribution in [2.75, 3.05) is 33.9 Å². The molecular weight excluding hydrogens is 138 g/mol. The Kier molecular flexibility index (Phi) is 7.96. The Labute approximate surface area is 70.5 Å². The maximum absolute atomic E-state index is 5.28. The van der Waals surface area contributed by atoms with Gasteiger partial charge in [0.1, 0.15) is 0 Å². The molecule has 0 amide bonds. The molecule has 67 valence electrons. The van der Waals surface area contributed by atoms with Crippen LogP contribution in [0.25, 0.3) is 0 Å². The minimum absolute atomic E-state index is 0.808. The monoisotopic (exact) mass is 158 g/mol. The van der Waals surface area contributed by atoms with Crippen LogP contribution in [0.3, 0.4) is 0 Å². The van der Waals surface area contributed by atoms with E-state index in [2.05, 4.69) is 25.9 Å². The molecule has 0 aromatic rings. The van der Waals surface area contributed by atoms with E-state index in [1.807, 2.05) is 0 Å². The molecule has 1 radical (unpaired) electrons. The van der Waals surface area contributed by atoms with Crippen LogP contribution in [-0.4, -0.2) is 38.8 Å². The molecule has 0 bridgehead atoms. The standard InChI is InChI=1S/C9H20NO/c1-4-8-11-9-6-5-7-10(2)3/h1,4-9H2,2-3H3. The van der Waals surface area contributed by atoms with Crippen molar-refractivity contribution in [1.82, 2.24) is 4.90 Å². The Bertz CT molecular complexity index is 74.0. The van der Waals surface area contributed by atoms with E-state index in [1.165, 1.54) is 6.42 Å². The Morgan fingerprint density at radius 3 is 2.45 bits per heavy atom. The van der Waals surface area contributed by atoms with Crippen LogP contribution in [0.4, 0.5) is 0 Å². The average Bonchev–Trinajstić information content (AvgIpc) is 1.96. The molecule has 0 aliphatic carbocycles. The zero-order valence-corrected chi connectivity index (χ0v) is 7.81. The van der Waals surface area contributed by atoms with E-state index < -0.39 is 0 Å². The third kappa shape index (κ3) is 9.92. The number of ether oxygens (including phenoxy) is 1. The molecule has 0 rings (SSSR count). The SMILES string of the molecule is [CH2]CCOCCCCN(C)C. The summed E-state index contributed by atoms with van der Waals surface area (Å²) in [6, 6.07) is 0. The van der Waals surface area contributed by atoms with E-state index in [-0.39, 0.29) is 0 Å². The van der Waals surface area contributed by atoms with Crippen LogP contribution in [0.2, 0.25) is 0 Å². The van der Waals surface area contributed by atoms with Gasteiger partial charge in [0.2, 0.25) is 0 Å². The number of hydrogen-bond donors (Lipinski definition) is 0. The minimum Gasteiger partial charge on any atom is -0.381 e. The van der Waals surface area contributed by atoms with Crippen molar-refractivity contribution in [3.63, 3.8) is 0 Å². The largest absolute Gasteiger partial charge is 0.381 e. The zero-order valence-electron chi connectivity index (χ0n) is 7.81. The predicted octanol–water partition coefficient (Wildman–Crippen LogP) is 1.57. The first-order chi connectivity index (χ1) is 5.27. The van der Waals surface area contributed by atoms with Gasteiger partial charge in [-0.1, -0.05) is 6.92 Å². The fourth-order valence-corrected chi connectivity index (χ4v) is 0.836. The first-order valence-electron chi connectivity index (χ1n) is 4.29. The molecule has 0 spiro atoms. The maximum Gasteiger partial charge on any atom is 0.0466 e. The second kappa shape index (κ2) is 8.02. The normalized spacial score (nSPS) is 10.9. The molecule has 2 heteroatoms. The Morgan fingerprint density at radius 2 is 1.91 bits per heavy atom. The van der Waals surface area contributed by atoms with Gasteiger partial charge in [-0.05, 0) is 39.9 Å². The highest BCUT2D eigenvalue weighted by Crippen LogP contribution is 1.92. The number of unbranched alkanes of at least 4 members (excludes halogenated alkanes) is 1. The lowest BCUT2D eigenvalue weighted by atomic mass is 10.3. The van der Waals surface area contributed by atoms with Crippen LogP contribution in [0.5, 0.6) is 0 Å². The van der Waals surface area contributed by atoms with E-state index >= 15 is 0 Å². The van der Waals surface area contributed by atoms with Crippen molar-refractivity contribution in [2.24, 2.45) is 0 Å². The third-order valence-corrected chi connectivity index (χ3v) is 1.43. The molecule has 0 aromatic heterocycles. The van der Waals surface area contributed by atoms with Crippen molar-refractivity contribution in [1.29, 1.82) is 0 Å². The summed E-state index contributed by atoms with van der Waals surface area (Å²) >= 11 is 0. The lowest BCUT2D eigenvalue weighted by molar-refractivity contribution is 0.132. The lowest BCUT2D eigenvalue weighted by Crippen LogP contribution is -2.13. The smallest absolute Gasteiger partial charge is 0.0466 e. The fraction of sp³-hybridized carbons (Fsp3) is 0.889. The predicted molar refractivity (Wildman–Crippen MR) is 48.6 cm³/mol. The Morgan fingerprint density at radius 1 is 1.18 bits per heavy atom. The highest BCUT2D eigenvalue weighted by Gasteiger charge is 1.90. The van der Waals surface area contributed by atoms with Gasteiger partial charge in [-0.25, -0.2) is 0 Å². The van der Waals surface area contributed by atoms with E-state index in [9.17, 15) is 0 Å². The molecule has 0 aliphatic heterocycles. The van der Waals surface area contributed by atoms with Gasteiger partial charge in [0.05, 0.1) is 0 Å². The van der Waals surface area contributed by atoms with Gasteiger partial charge in [0.15, 0.2) is 0 Å². The maximum atomic E-state index is 5.28. The van der Waals surface area contributed by atoms with Gasteiger partial charge in [-0.2, -0.15) is 0 Å². The highest BCUT2D eigenvalue weighted by molar-refractivity contribution is 4.44. The van der Waals surface area contributed by atoms with Crippen molar-refractivity contribution < 1.29 is 4.74 Å². The van der Waals surface area contributed by atoms with Gasteiger partial charge >= 0.3 is 0 Å². The van der Waals surface area contributed by atoms with Gasteiger partial charge in [-0.3, -0.25) is 0 Å². The zero-order chi connectivity index (χ0) is 8.53. The summed E-state index contributed by atoms with van der Waals surface area (Å²) in [6.07, 6.45) is 3.27. The number of rotatable bonds is 7.